The summed E-state index contributed by atoms with van der Waals surface area (Å²) in [5.41, 5.74) is 1.81. The van der Waals surface area contributed by atoms with Gasteiger partial charge in [0.2, 0.25) is 10.0 Å². The number of rotatable bonds is 7. The van der Waals surface area contributed by atoms with Crippen molar-refractivity contribution in [2.45, 2.75) is 37.6 Å². The second kappa shape index (κ2) is 9.73. The molecule has 1 fully saturated rings. The largest absolute Gasteiger partial charge is 0.334 e. The summed E-state index contributed by atoms with van der Waals surface area (Å²) in [6, 6.07) is 13.8. The highest BCUT2D eigenvalue weighted by Gasteiger charge is 2.29. The molecule has 0 N–H and O–H groups in total. The quantitative estimate of drug-likeness (QED) is 0.584. The fourth-order valence-corrected chi connectivity index (χ4v) is 5.46. The molecule has 0 spiro atoms. The second-order valence-electron chi connectivity index (χ2n) is 7.29. The summed E-state index contributed by atoms with van der Waals surface area (Å²) in [7, 11) is -3.60. The monoisotopic (exact) mass is 489 g/mol. The van der Waals surface area contributed by atoms with Gasteiger partial charge in [0.25, 0.3) is 5.91 Å². The van der Waals surface area contributed by atoms with E-state index in [1.165, 1.54) is 10.4 Å². The molecule has 1 aliphatic rings. The lowest BCUT2D eigenvalue weighted by atomic mass is 10.1. The van der Waals surface area contributed by atoms with Crippen LogP contribution in [0.5, 0.6) is 0 Å². The van der Waals surface area contributed by atoms with Crippen molar-refractivity contribution in [3.63, 3.8) is 0 Å². The van der Waals surface area contributed by atoms with Crippen LogP contribution in [0, 0.1) is 11.3 Å². The number of nitrogens with zero attached hydrogens (tertiary/aromatic N) is 3. The molecular weight excluding hydrogens is 466 g/mol. The molecule has 2 aromatic carbocycles. The van der Waals surface area contributed by atoms with Gasteiger partial charge in [-0.25, -0.2) is 8.42 Å². The Hall–Kier alpha value is -2.21. The highest BCUT2D eigenvalue weighted by molar-refractivity contribution is 9.10. The van der Waals surface area contributed by atoms with Crippen molar-refractivity contribution in [3.8, 4) is 6.07 Å². The van der Waals surface area contributed by atoms with Crippen molar-refractivity contribution in [1.29, 1.82) is 5.26 Å². The molecule has 30 heavy (non-hydrogen) atoms. The normalized spacial score (nSPS) is 14.4. The minimum Gasteiger partial charge on any atom is -0.334 e. The predicted molar refractivity (Wildman–Crippen MR) is 118 cm³/mol. The summed E-state index contributed by atoms with van der Waals surface area (Å²) in [4.78, 5) is 15.2. The first-order valence-corrected chi connectivity index (χ1v) is 12.2. The zero-order chi connectivity index (χ0) is 21.7. The van der Waals surface area contributed by atoms with Crippen LogP contribution in [0.4, 0.5) is 0 Å². The molecule has 1 saturated heterocycles. The van der Waals surface area contributed by atoms with Crippen LogP contribution in [0.3, 0.4) is 0 Å². The van der Waals surface area contributed by atoms with Gasteiger partial charge < -0.3 is 4.90 Å². The molecule has 6 nitrogen and oxygen atoms in total. The van der Waals surface area contributed by atoms with Gasteiger partial charge in [0.05, 0.1) is 22.1 Å². The molecule has 0 saturated carbocycles. The maximum Gasteiger partial charge on any atom is 0.255 e. The Labute approximate surface area is 186 Å². The van der Waals surface area contributed by atoms with Crippen LogP contribution in [0.15, 0.2) is 51.8 Å². The van der Waals surface area contributed by atoms with E-state index in [2.05, 4.69) is 22.0 Å². The highest BCUT2D eigenvalue weighted by atomic mass is 79.9. The van der Waals surface area contributed by atoms with E-state index < -0.39 is 10.0 Å². The number of carbonyl (C=O) groups excluding carboxylic acids is 1. The molecule has 1 amide bonds. The van der Waals surface area contributed by atoms with Crippen LogP contribution >= 0.6 is 15.9 Å². The molecule has 8 heteroatoms. The van der Waals surface area contributed by atoms with Crippen LogP contribution in [0.2, 0.25) is 0 Å². The van der Waals surface area contributed by atoms with Gasteiger partial charge >= 0.3 is 0 Å². The molecule has 0 radical (unpaired) electrons. The molecule has 0 unspecified atom stereocenters. The number of sulfonamides is 1. The predicted octanol–water partition coefficient (Wildman–Crippen LogP) is 4.16. The zero-order valence-corrected chi connectivity index (χ0v) is 19.2. The SMILES string of the molecule is CCCN(Cc1ccc(C#N)cc1)C(=O)c1cc(S(=O)(=O)N2CCCC2)ccc1Br. The third-order valence-electron chi connectivity index (χ3n) is 5.11. The van der Waals surface area contributed by atoms with E-state index in [0.29, 0.717) is 41.8 Å². The average molecular weight is 490 g/mol. The summed E-state index contributed by atoms with van der Waals surface area (Å²) >= 11 is 3.41. The van der Waals surface area contributed by atoms with Crippen LogP contribution < -0.4 is 0 Å². The van der Waals surface area contributed by atoms with E-state index in [0.717, 1.165) is 24.8 Å². The third-order valence-corrected chi connectivity index (χ3v) is 7.69. The van der Waals surface area contributed by atoms with Gasteiger partial charge in [0, 0.05) is 30.7 Å². The van der Waals surface area contributed by atoms with E-state index >= 15 is 0 Å². The number of carbonyl (C=O) groups is 1. The Morgan fingerprint density at radius 2 is 1.83 bits per heavy atom. The lowest BCUT2D eigenvalue weighted by Gasteiger charge is -2.24. The fraction of sp³-hybridized carbons (Fsp3) is 0.364. The van der Waals surface area contributed by atoms with Crippen molar-refractivity contribution in [2.75, 3.05) is 19.6 Å². The molecule has 1 heterocycles. The minimum atomic E-state index is -3.60. The number of amides is 1. The number of halogens is 1. The topological polar surface area (TPSA) is 81.5 Å². The lowest BCUT2D eigenvalue weighted by Crippen LogP contribution is -2.32. The number of benzene rings is 2. The minimum absolute atomic E-state index is 0.144. The summed E-state index contributed by atoms with van der Waals surface area (Å²) in [6.07, 6.45) is 2.48. The van der Waals surface area contributed by atoms with Gasteiger partial charge in [0.15, 0.2) is 0 Å². The van der Waals surface area contributed by atoms with Crippen LogP contribution in [0.1, 0.15) is 47.7 Å². The van der Waals surface area contributed by atoms with Crippen LogP contribution in [-0.2, 0) is 16.6 Å². The molecule has 158 valence electrons. The van der Waals surface area contributed by atoms with Gasteiger partial charge in [-0.15, -0.1) is 0 Å². The molecule has 0 bridgehead atoms. The maximum atomic E-state index is 13.3. The summed E-state index contributed by atoms with van der Waals surface area (Å²) in [5.74, 6) is -0.230. The molecule has 0 atom stereocenters. The first kappa shape index (κ1) is 22.5. The highest BCUT2D eigenvalue weighted by Crippen LogP contribution is 2.27. The van der Waals surface area contributed by atoms with E-state index in [-0.39, 0.29) is 10.8 Å². The molecule has 2 aromatic rings. The summed E-state index contributed by atoms with van der Waals surface area (Å²) in [6.45, 7) is 3.94. The van der Waals surface area contributed by atoms with Crippen molar-refractivity contribution in [2.24, 2.45) is 0 Å². The zero-order valence-electron chi connectivity index (χ0n) is 16.8. The van der Waals surface area contributed by atoms with Gasteiger partial charge in [-0.3, -0.25) is 4.79 Å². The van der Waals surface area contributed by atoms with Crippen molar-refractivity contribution >= 4 is 31.9 Å². The Morgan fingerprint density at radius 1 is 1.17 bits per heavy atom. The van der Waals surface area contributed by atoms with Crippen molar-refractivity contribution in [1.82, 2.24) is 9.21 Å². The number of nitriles is 1. The van der Waals surface area contributed by atoms with Gasteiger partial charge in [0.1, 0.15) is 0 Å². The third kappa shape index (κ3) is 4.91. The Morgan fingerprint density at radius 3 is 2.43 bits per heavy atom. The molecule has 0 aromatic heterocycles. The van der Waals surface area contributed by atoms with E-state index in [9.17, 15) is 13.2 Å². The van der Waals surface area contributed by atoms with Crippen molar-refractivity contribution in [3.05, 3.63) is 63.6 Å². The summed E-state index contributed by atoms with van der Waals surface area (Å²) in [5, 5.41) is 8.96. The Balaban J connectivity index is 1.89. The molecular formula is C22H24BrN3O3S. The van der Waals surface area contributed by atoms with Gasteiger partial charge in [-0.1, -0.05) is 19.1 Å². The Kier molecular flexibility index (Phi) is 7.29. The van der Waals surface area contributed by atoms with Gasteiger partial charge in [-0.05, 0) is 71.1 Å². The maximum absolute atomic E-state index is 13.3. The number of hydrogen-bond acceptors (Lipinski definition) is 4. The van der Waals surface area contributed by atoms with Crippen LogP contribution in [-0.4, -0.2) is 43.2 Å². The van der Waals surface area contributed by atoms with Gasteiger partial charge in [-0.2, -0.15) is 9.57 Å². The van der Waals surface area contributed by atoms with E-state index in [1.54, 1.807) is 29.2 Å². The van der Waals surface area contributed by atoms with Crippen LogP contribution in [0.25, 0.3) is 0 Å². The van der Waals surface area contributed by atoms with E-state index in [4.69, 9.17) is 5.26 Å². The molecule has 3 rings (SSSR count). The molecule has 1 aliphatic heterocycles. The second-order valence-corrected chi connectivity index (χ2v) is 10.1. The average Bonchev–Trinajstić information content (AvgIpc) is 3.29. The molecule has 0 aliphatic carbocycles. The smallest absolute Gasteiger partial charge is 0.255 e. The fourth-order valence-electron chi connectivity index (χ4n) is 3.50. The lowest BCUT2D eigenvalue weighted by molar-refractivity contribution is 0.0742. The number of hydrogen-bond donors (Lipinski definition) is 0. The first-order valence-electron chi connectivity index (χ1n) is 9.95. The van der Waals surface area contributed by atoms with Crippen molar-refractivity contribution < 1.29 is 13.2 Å². The van der Waals surface area contributed by atoms with E-state index in [1.807, 2.05) is 19.1 Å². The standard InChI is InChI=1S/C22H24BrN3O3S/c1-2-11-25(16-18-7-5-17(15-24)6-8-18)22(27)20-14-19(9-10-21(20)23)30(28,29)26-12-3-4-13-26/h5-10,14H,2-4,11-13,16H2,1H3. The summed E-state index contributed by atoms with van der Waals surface area (Å²) < 4.78 is 27.9. The Bertz CT molecular complexity index is 1060. The first-order chi connectivity index (χ1) is 14.4.